The maximum Gasteiger partial charge on any atom is 0.0541 e. The number of nitrogens with zero attached hydrogens (tertiary/aromatic N) is 2. The highest BCUT2D eigenvalue weighted by Crippen LogP contribution is 2.79. The first-order valence-corrected chi connectivity index (χ1v) is 22.1. The van der Waals surface area contributed by atoms with Gasteiger partial charge >= 0.3 is 0 Å². The van der Waals surface area contributed by atoms with E-state index in [1.165, 1.54) is 104 Å². The van der Waals surface area contributed by atoms with E-state index in [0.717, 1.165) is 29.6 Å². The van der Waals surface area contributed by atoms with Gasteiger partial charge in [-0.3, -0.25) is 0 Å². The lowest BCUT2D eigenvalue weighted by Crippen LogP contribution is -2.47. The SMILES string of the molecule is c1ccc(-c2ccccc2-c2ccc(N(c3ccc(-c4ccccc4-n4c5ccccc5c5ccccc54)cc3)c3ccccc3[C@]34CC5C[C@@H]6CC(C3)[C@H]6C54)cc2)cc1. The Morgan fingerprint density at radius 1 is 0.417 bits per heavy atom. The summed E-state index contributed by atoms with van der Waals surface area (Å²) in [7, 11) is 0. The topological polar surface area (TPSA) is 8.17 Å². The van der Waals surface area contributed by atoms with Crippen molar-refractivity contribution >= 4 is 38.9 Å². The smallest absolute Gasteiger partial charge is 0.0541 e. The predicted molar refractivity (Wildman–Crippen MR) is 249 cm³/mol. The van der Waals surface area contributed by atoms with Gasteiger partial charge in [-0.25, -0.2) is 0 Å². The van der Waals surface area contributed by atoms with Crippen molar-refractivity contribution < 1.29 is 0 Å². The summed E-state index contributed by atoms with van der Waals surface area (Å²) < 4.78 is 2.45. The van der Waals surface area contributed by atoms with E-state index < -0.39 is 0 Å². The van der Waals surface area contributed by atoms with Crippen LogP contribution in [0, 0.1) is 29.6 Å². The highest BCUT2D eigenvalue weighted by Gasteiger charge is 2.73. The standard InChI is InChI=1S/C58H46N2/c1-2-14-38(15-3-1)46-16-4-5-17-47(46)39-26-30-44(31-27-39)59(55-25-13-9-21-51(55)58-36-42-34-41-35-43(37-58)57(58)56(41)42)45-32-28-40(29-33-45)48-18-6-10-22-52(48)60-53-23-11-7-19-49(53)50-20-8-12-24-54(50)60/h1-33,41-43,56-57H,34-37H2/t41-,42?,43?,56-,57?,58+/m0/s1. The molecule has 1 heterocycles. The molecule has 0 bridgehead atoms. The van der Waals surface area contributed by atoms with Gasteiger partial charge in [0.25, 0.3) is 0 Å². The van der Waals surface area contributed by atoms with Gasteiger partial charge < -0.3 is 9.47 Å². The molecule has 60 heavy (non-hydrogen) atoms. The van der Waals surface area contributed by atoms with Crippen molar-refractivity contribution in [1.29, 1.82) is 0 Å². The van der Waals surface area contributed by atoms with Crippen molar-refractivity contribution in [1.82, 2.24) is 4.57 Å². The number of hydrogen-bond donors (Lipinski definition) is 0. The van der Waals surface area contributed by atoms with Crippen molar-refractivity contribution in [3.05, 3.63) is 206 Å². The summed E-state index contributed by atoms with van der Waals surface area (Å²) in [4.78, 5) is 2.57. The molecule has 8 aromatic carbocycles. The molecule has 3 unspecified atom stereocenters. The van der Waals surface area contributed by atoms with Crippen LogP contribution in [0.1, 0.15) is 31.2 Å². The largest absolute Gasteiger partial charge is 0.310 e. The Labute approximate surface area is 352 Å². The normalized spacial score (nSPS) is 23.3. The van der Waals surface area contributed by atoms with E-state index in [2.05, 4.69) is 210 Å². The van der Waals surface area contributed by atoms with Crippen LogP contribution in [0.3, 0.4) is 0 Å². The summed E-state index contributed by atoms with van der Waals surface area (Å²) in [5.74, 6) is 4.66. The van der Waals surface area contributed by atoms with Crippen LogP contribution in [0.2, 0.25) is 0 Å². The molecule has 4 saturated carbocycles. The zero-order valence-corrected chi connectivity index (χ0v) is 33.7. The Kier molecular flexibility index (Phi) is 7.52. The van der Waals surface area contributed by atoms with Crippen LogP contribution in [-0.2, 0) is 5.41 Å². The van der Waals surface area contributed by atoms with E-state index in [0.29, 0.717) is 5.41 Å². The van der Waals surface area contributed by atoms with Crippen molar-refractivity contribution in [3.8, 4) is 39.1 Å². The van der Waals surface area contributed by atoms with Crippen molar-refractivity contribution in [2.75, 3.05) is 4.90 Å². The van der Waals surface area contributed by atoms with Crippen LogP contribution in [-0.4, -0.2) is 4.57 Å². The number of aromatic nitrogens is 1. The van der Waals surface area contributed by atoms with E-state index >= 15 is 0 Å². The first-order chi connectivity index (χ1) is 29.7. The molecule has 9 aromatic rings. The summed E-state index contributed by atoms with van der Waals surface area (Å²) in [6.07, 6.45) is 5.67. The minimum atomic E-state index is 0.301. The summed E-state index contributed by atoms with van der Waals surface area (Å²) in [5, 5.41) is 2.56. The number of para-hydroxylation sites is 4. The van der Waals surface area contributed by atoms with E-state index in [1.807, 2.05) is 0 Å². The molecule has 0 aliphatic heterocycles. The third-order valence-corrected chi connectivity index (χ3v) is 15.4. The molecule has 1 aromatic heterocycles. The first-order valence-electron chi connectivity index (χ1n) is 22.1. The van der Waals surface area contributed by atoms with Crippen LogP contribution in [0.25, 0.3) is 60.9 Å². The van der Waals surface area contributed by atoms with Gasteiger partial charge in [-0.1, -0.05) is 152 Å². The fourth-order valence-electron chi connectivity index (χ4n) is 13.2. The zero-order chi connectivity index (χ0) is 39.4. The molecule has 0 radical (unpaired) electrons. The molecule has 4 aliphatic rings. The minimum absolute atomic E-state index is 0.301. The van der Waals surface area contributed by atoms with Gasteiger partial charge in [0.15, 0.2) is 0 Å². The van der Waals surface area contributed by atoms with Gasteiger partial charge in [0.2, 0.25) is 0 Å². The van der Waals surface area contributed by atoms with Gasteiger partial charge in [-0.15, -0.1) is 0 Å². The van der Waals surface area contributed by atoms with Crippen molar-refractivity contribution in [3.63, 3.8) is 0 Å². The second kappa shape index (κ2) is 13.2. The quantitative estimate of drug-likeness (QED) is 0.149. The molecular weight excluding hydrogens is 725 g/mol. The Morgan fingerprint density at radius 3 is 1.60 bits per heavy atom. The first kappa shape index (κ1) is 34.2. The monoisotopic (exact) mass is 770 g/mol. The molecule has 13 rings (SSSR count). The number of anilines is 3. The molecule has 4 fully saturated rings. The number of hydrogen-bond acceptors (Lipinski definition) is 1. The Morgan fingerprint density at radius 2 is 0.917 bits per heavy atom. The zero-order valence-electron chi connectivity index (χ0n) is 33.7. The van der Waals surface area contributed by atoms with E-state index in [4.69, 9.17) is 0 Å². The van der Waals surface area contributed by atoms with Crippen molar-refractivity contribution in [2.45, 2.75) is 31.1 Å². The van der Waals surface area contributed by atoms with Gasteiger partial charge in [0, 0.05) is 38.8 Å². The molecule has 288 valence electrons. The molecule has 2 heteroatoms. The molecule has 0 saturated heterocycles. The predicted octanol–water partition coefficient (Wildman–Crippen LogP) is 15.2. The van der Waals surface area contributed by atoms with Crippen LogP contribution in [0.5, 0.6) is 0 Å². The fraction of sp³-hybridized carbons (Fsp3) is 0.172. The lowest BCUT2D eigenvalue weighted by atomic mass is 9.53. The highest BCUT2D eigenvalue weighted by molar-refractivity contribution is 6.09. The summed E-state index contributed by atoms with van der Waals surface area (Å²) in [6, 6.07) is 74.3. The van der Waals surface area contributed by atoms with E-state index in [1.54, 1.807) is 5.56 Å². The highest BCUT2D eigenvalue weighted by atomic mass is 15.1. The molecule has 0 amide bonds. The minimum Gasteiger partial charge on any atom is -0.310 e. The Bertz CT molecular complexity index is 3030. The maximum absolute atomic E-state index is 2.57. The lowest BCUT2D eigenvalue weighted by molar-refractivity contribution is 0.0688. The van der Waals surface area contributed by atoms with E-state index in [9.17, 15) is 0 Å². The molecule has 2 nitrogen and oxygen atoms in total. The molecule has 6 atom stereocenters. The third kappa shape index (κ3) is 4.94. The van der Waals surface area contributed by atoms with Crippen LogP contribution in [0.15, 0.2) is 200 Å². The summed E-state index contributed by atoms with van der Waals surface area (Å²) in [6.45, 7) is 0. The van der Waals surface area contributed by atoms with Gasteiger partial charge in [-0.2, -0.15) is 0 Å². The van der Waals surface area contributed by atoms with Gasteiger partial charge in [0.05, 0.1) is 16.7 Å². The summed E-state index contributed by atoms with van der Waals surface area (Å²) in [5.41, 5.74) is 16.7. The molecule has 0 N–H and O–H groups in total. The molecule has 0 spiro atoms. The van der Waals surface area contributed by atoms with Gasteiger partial charge in [-0.05, 0) is 137 Å². The number of benzene rings is 8. The maximum atomic E-state index is 2.57. The third-order valence-electron chi connectivity index (χ3n) is 15.4. The molecular formula is C58H46N2. The van der Waals surface area contributed by atoms with Crippen molar-refractivity contribution in [2.24, 2.45) is 29.6 Å². The number of fused-ring (bicyclic) bond motifs is 3. The van der Waals surface area contributed by atoms with Crippen LogP contribution < -0.4 is 4.90 Å². The van der Waals surface area contributed by atoms with Crippen LogP contribution >= 0.6 is 0 Å². The number of rotatable bonds is 8. The second-order valence-corrected chi connectivity index (χ2v) is 18.2. The lowest BCUT2D eigenvalue weighted by Gasteiger charge is -2.52. The average molecular weight is 771 g/mol. The Balaban J connectivity index is 0.937. The summed E-state index contributed by atoms with van der Waals surface area (Å²) >= 11 is 0. The van der Waals surface area contributed by atoms with Crippen LogP contribution in [0.4, 0.5) is 17.1 Å². The average Bonchev–Trinajstić information content (AvgIpc) is 3.83. The van der Waals surface area contributed by atoms with E-state index in [-0.39, 0.29) is 0 Å². The van der Waals surface area contributed by atoms with Gasteiger partial charge in [0.1, 0.15) is 0 Å². The second-order valence-electron chi connectivity index (χ2n) is 18.2. The molecule has 4 aliphatic carbocycles. The fourth-order valence-corrected chi connectivity index (χ4v) is 13.2. The Hall–Kier alpha value is -6.64.